The van der Waals surface area contributed by atoms with E-state index in [9.17, 15) is 4.79 Å². The second-order valence-corrected chi connectivity index (χ2v) is 7.35. The molecule has 1 heterocycles. The average Bonchev–Trinajstić information content (AvgIpc) is 2.99. The molecule has 0 spiro atoms. The summed E-state index contributed by atoms with van der Waals surface area (Å²) in [6, 6.07) is 18.3. The Hall–Kier alpha value is -2.53. The summed E-state index contributed by atoms with van der Waals surface area (Å²) in [7, 11) is 1.65. The highest BCUT2D eigenvalue weighted by atomic mass is 35.5. The summed E-state index contributed by atoms with van der Waals surface area (Å²) in [5.74, 6) is -0.472. The first-order valence-electron chi connectivity index (χ1n) is 8.68. The molecule has 4 rings (SSSR count). The van der Waals surface area contributed by atoms with Gasteiger partial charge in [0.1, 0.15) is 0 Å². The molecule has 3 aromatic carbocycles. The van der Waals surface area contributed by atoms with Crippen molar-refractivity contribution in [2.75, 3.05) is 7.11 Å². The standard InChI is InChI=1S/C22H17Cl2N2O2/c1-28-12-13-8-9-15-19(10-13)26(11-14-4-2-6-17(23)21(14)24)18-7-3-5-16(20(15)18)22(25)27/h2-8,10H,11-12H2,1H3,(H2,25,27). The molecule has 1 radical (unpaired) electrons. The van der Waals surface area contributed by atoms with E-state index < -0.39 is 5.91 Å². The van der Waals surface area contributed by atoms with Crippen molar-refractivity contribution in [2.24, 2.45) is 5.73 Å². The largest absolute Gasteiger partial charge is 0.380 e. The van der Waals surface area contributed by atoms with Crippen LogP contribution in [0.2, 0.25) is 10.0 Å². The van der Waals surface area contributed by atoms with Gasteiger partial charge in [0.15, 0.2) is 0 Å². The van der Waals surface area contributed by atoms with Gasteiger partial charge in [-0.2, -0.15) is 0 Å². The minimum atomic E-state index is -0.472. The molecule has 4 aromatic rings. The van der Waals surface area contributed by atoms with Crippen LogP contribution in [0.25, 0.3) is 21.8 Å². The molecule has 2 N–H and O–H groups in total. The molecule has 0 aliphatic rings. The van der Waals surface area contributed by atoms with Gasteiger partial charge >= 0.3 is 0 Å². The number of aromatic nitrogens is 1. The van der Waals surface area contributed by atoms with Gasteiger partial charge in [-0.25, -0.2) is 0 Å². The predicted octanol–water partition coefficient (Wildman–Crippen LogP) is 5.20. The molecule has 0 aliphatic heterocycles. The van der Waals surface area contributed by atoms with Crippen molar-refractivity contribution in [3.8, 4) is 0 Å². The van der Waals surface area contributed by atoms with Crippen LogP contribution in [0.3, 0.4) is 0 Å². The fraction of sp³-hybridized carbons (Fsp3) is 0.136. The molecule has 0 saturated carbocycles. The van der Waals surface area contributed by atoms with E-state index in [-0.39, 0.29) is 0 Å². The molecule has 0 atom stereocenters. The second kappa shape index (κ2) is 7.47. The Labute approximate surface area is 172 Å². The lowest BCUT2D eigenvalue weighted by molar-refractivity contribution is 0.100. The predicted molar refractivity (Wildman–Crippen MR) is 113 cm³/mol. The van der Waals surface area contributed by atoms with Gasteiger partial charge in [0.2, 0.25) is 5.91 Å². The number of carbonyl (C=O) groups is 1. The van der Waals surface area contributed by atoms with Crippen LogP contribution in [0, 0.1) is 6.07 Å². The fourth-order valence-corrected chi connectivity index (χ4v) is 3.95. The molecule has 6 heteroatoms. The monoisotopic (exact) mass is 411 g/mol. The lowest BCUT2D eigenvalue weighted by atomic mass is 10.0. The van der Waals surface area contributed by atoms with Crippen molar-refractivity contribution in [1.82, 2.24) is 4.57 Å². The van der Waals surface area contributed by atoms with Crippen molar-refractivity contribution in [2.45, 2.75) is 13.2 Å². The maximum atomic E-state index is 12.0. The van der Waals surface area contributed by atoms with Crippen LogP contribution in [0.4, 0.5) is 0 Å². The second-order valence-electron chi connectivity index (χ2n) is 6.56. The van der Waals surface area contributed by atoms with E-state index in [0.29, 0.717) is 28.8 Å². The number of amides is 1. The van der Waals surface area contributed by atoms with E-state index in [2.05, 4.69) is 10.6 Å². The summed E-state index contributed by atoms with van der Waals surface area (Å²) in [5.41, 5.74) is 9.78. The van der Waals surface area contributed by atoms with Crippen molar-refractivity contribution in [3.63, 3.8) is 0 Å². The van der Waals surface area contributed by atoms with Gasteiger partial charge in [-0.15, -0.1) is 0 Å². The van der Waals surface area contributed by atoms with E-state index in [1.54, 1.807) is 19.2 Å². The van der Waals surface area contributed by atoms with Crippen LogP contribution in [0.5, 0.6) is 0 Å². The number of fused-ring (bicyclic) bond motifs is 3. The lowest BCUT2D eigenvalue weighted by Gasteiger charge is -2.11. The average molecular weight is 412 g/mol. The van der Waals surface area contributed by atoms with Crippen LogP contribution in [-0.4, -0.2) is 17.6 Å². The maximum absolute atomic E-state index is 12.0. The SMILES string of the molecule is COCc1c[c]c2c3c(C(N)=O)cccc3n(Cc3cccc(Cl)c3Cl)c2c1. The first-order valence-corrected chi connectivity index (χ1v) is 9.44. The summed E-state index contributed by atoms with van der Waals surface area (Å²) in [5, 5.41) is 2.64. The van der Waals surface area contributed by atoms with Gasteiger partial charge in [-0.3, -0.25) is 4.79 Å². The molecule has 1 aromatic heterocycles. The van der Waals surface area contributed by atoms with Crippen LogP contribution in [0.1, 0.15) is 21.5 Å². The van der Waals surface area contributed by atoms with Gasteiger partial charge in [0.05, 0.1) is 27.7 Å². The Morgan fingerprint density at radius 2 is 1.96 bits per heavy atom. The molecule has 141 valence electrons. The molecule has 0 fully saturated rings. The quantitative estimate of drug-likeness (QED) is 0.490. The van der Waals surface area contributed by atoms with E-state index >= 15 is 0 Å². The summed E-state index contributed by atoms with van der Waals surface area (Å²) < 4.78 is 7.37. The Morgan fingerprint density at radius 3 is 2.71 bits per heavy atom. The number of hydrogen-bond acceptors (Lipinski definition) is 2. The van der Waals surface area contributed by atoms with Gasteiger partial charge in [-0.1, -0.05) is 41.4 Å². The molecule has 0 aliphatic carbocycles. The lowest BCUT2D eigenvalue weighted by Crippen LogP contribution is -2.11. The molecule has 28 heavy (non-hydrogen) atoms. The van der Waals surface area contributed by atoms with Crippen LogP contribution < -0.4 is 5.73 Å². The van der Waals surface area contributed by atoms with E-state index in [1.807, 2.05) is 36.4 Å². The van der Waals surface area contributed by atoms with Crippen LogP contribution in [0.15, 0.2) is 48.5 Å². The smallest absolute Gasteiger partial charge is 0.249 e. The number of ether oxygens (including phenoxy) is 1. The summed E-state index contributed by atoms with van der Waals surface area (Å²) >= 11 is 12.6. The number of rotatable bonds is 5. The number of benzene rings is 3. The normalized spacial score (nSPS) is 11.4. The molecule has 0 bridgehead atoms. The number of carbonyl (C=O) groups excluding carboxylic acids is 1. The first-order chi connectivity index (χ1) is 13.5. The zero-order valence-corrected chi connectivity index (χ0v) is 16.6. The number of hydrogen-bond donors (Lipinski definition) is 1. The Bertz CT molecular complexity index is 1210. The number of nitrogens with two attached hydrogens (primary N) is 1. The van der Waals surface area contributed by atoms with Gasteiger partial charge in [0.25, 0.3) is 0 Å². The Balaban J connectivity index is 2.04. The molecule has 0 saturated heterocycles. The zero-order chi connectivity index (χ0) is 19.8. The van der Waals surface area contributed by atoms with Crippen LogP contribution in [-0.2, 0) is 17.9 Å². The van der Waals surface area contributed by atoms with E-state index in [0.717, 1.165) is 32.9 Å². The summed E-state index contributed by atoms with van der Waals surface area (Å²) in [6.07, 6.45) is 0. The Morgan fingerprint density at radius 1 is 1.18 bits per heavy atom. The van der Waals surface area contributed by atoms with E-state index in [1.165, 1.54) is 0 Å². The Kier molecular flexibility index (Phi) is 5.02. The minimum Gasteiger partial charge on any atom is -0.380 e. The highest BCUT2D eigenvalue weighted by molar-refractivity contribution is 6.42. The highest BCUT2D eigenvalue weighted by Gasteiger charge is 2.18. The molecular weight excluding hydrogens is 395 g/mol. The van der Waals surface area contributed by atoms with Crippen molar-refractivity contribution >= 4 is 50.9 Å². The molecule has 0 unspecified atom stereocenters. The number of halogens is 2. The third-order valence-corrected chi connectivity index (χ3v) is 5.65. The van der Waals surface area contributed by atoms with Crippen LogP contribution >= 0.6 is 23.2 Å². The molecular formula is C22H17Cl2N2O2. The minimum absolute atomic E-state index is 0.467. The van der Waals surface area contributed by atoms with Crippen molar-refractivity contribution < 1.29 is 9.53 Å². The van der Waals surface area contributed by atoms with Crippen molar-refractivity contribution in [3.05, 3.63) is 81.3 Å². The number of primary amides is 1. The molecule has 4 nitrogen and oxygen atoms in total. The number of methoxy groups -OCH3 is 1. The topological polar surface area (TPSA) is 57.2 Å². The van der Waals surface area contributed by atoms with E-state index in [4.69, 9.17) is 33.7 Å². The number of nitrogens with zero attached hydrogens (tertiary/aromatic N) is 1. The highest BCUT2D eigenvalue weighted by Crippen LogP contribution is 2.34. The maximum Gasteiger partial charge on any atom is 0.249 e. The third kappa shape index (κ3) is 3.14. The first kappa shape index (κ1) is 18.8. The van der Waals surface area contributed by atoms with Gasteiger partial charge in [0, 0.05) is 30.0 Å². The van der Waals surface area contributed by atoms with Gasteiger partial charge in [-0.05, 0) is 47.5 Å². The molecule has 1 amide bonds. The summed E-state index contributed by atoms with van der Waals surface area (Å²) in [6.45, 7) is 0.959. The fourth-order valence-electron chi connectivity index (χ4n) is 3.57. The third-order valence-electron chi connectivity index (χ3n) is 4.79. The summed E-state index contributed by atoms with van der Waals surface area (Å²) in [4.78, 5) is 12.0. The van der Waals surface area contributed by atoms with Crippen molar-refractivity contribution in [1.29, 1.82) is 0 Å². The zero-order valence-electron chi connectivity index (χ0n) is 15.1. The van der Waals surface area contributed by atoms with Gasteiger partial charge < -0.3 is 15.0 Å².